The van der Waals surface area contributed by atoms with Crippen LogP contribution in [0.3, 0.4) is 0 Å². The van der Waals surface area contributed by atoms with Gasteiger partial charge in [0.1, 0.15) is 4.21 Å². The van der Waals surface area contributed by atoms with Gasteiger partial charge in [0.2, 0.25) is 10.0 Å². The maximum atomic E-state index is 11.9. The molecule has 4 nitrogen and oxygen atoms in total. The van der Waals surface area contributed by atoms with Crippen LogP contribution in [0, 0.1) is 5.41 Å². The van der Waals surface area contributed by atoms with Crippen LogP contribution in [0.2, 0.25) is 0 Å². The molecule has 2 N–H and O–H groups in total. The molecule has 1 heterocycles. The van der Waals surface area contributed by atoms with Crippen molar-refractivity contribution in [1.29, 1.82) is 0 Å². The minimum absolute atomic E-state index is 0.0555. The highest BCUT2D eigenvalue weighted by molar-refractivity contribution is 7.91. The van der Waals surface area contributed by atoms with Crippen molar-refractivity contribution in [3.63, 3.8) is 0 Å². The third kappa shape index (κ3) is 2.88. The summed E-state index contributed by atoms with van der Waals surface area (Å²) >= 11 is 1.21. The molecule has 1 saturated carbocycles. The third-order valence-electron chi connectivity index (χ3n) is 3.40. The maximum Gasteiger partial charge on any atom is 0.250 e. The van der Waals surface area contributed by atoms with E-state index in [9.17, 15) is 13.5 Å². The lowest BCUT2D eigenvalue weighted by atomic mass is 9.88. The van der Waals surface area contributed by atoms with E-state index in [-0.39, 0.29) is 12.0 Å². The Kier molecular flexibility index (Phi) is 3.87. The van der Waals surface area contributed by atoms with Crippen molar-refractivity contribution in [2.24, 2.45) is 5.41 Å². The van der Waals surface area contributed by atoms with Gasteiger partial charge in [0, 0.05) is 18.6 Å². The predicted molar refractivity (Wildman–Crippen MR) is 67.5 cm³/mol. The van der Waals surface area contributed by atoms with E-state index in [4.69, 9.17) is 0 Å². The number of aliphatic hydroxyl groups excluding tert-OH is 1. The fourth-order valence-corrected chi connectivity index (χ4v) is 4.45. The minimum Gasteiger partial charge on any atom is -0.396 e. The highest BCUT2D eigenvalue weighted by Crippen LogP contribution is 2.37. The molecule has 0 radical (unpaired) electrons. The van der Waals surface area contributed by atoms with E-state index in [1.54, 1.807) is 17.5 Å². The van der Waals surface area contributed by atoms with Gasteiger partial charge >= 0.3 is 0 Å². The van der Waals surface area contributed by atoms with Crippen LogP contribution < -0.4 is 4.72 Å². The van der Waals surface area contributed by atoms with Crippen molar-refractivity contribution < 1.29 is 13.5 Å². The summed E-state index contributed by atoms with van der Waals surface area (Å²) in [4.78, 5) is 0. The molecule has 0 bridgehead atoms. The zero-order valence-corrected chi connectivity index (χ0v) is 11.2. The molecule has 0 unspecified atom stereocenters. The van der Waals surface area contributed by atoms with Gasteiger partial charge in [-0.05, 0) is 24.3 Å². The first-order chi connectivity index (χ1) is 8.08. The summed E-state index contributed by atoms with van der Waals surface area (Å²) in [5.41, 5.74) is -0.246. The fraction of sp³-hybridized carbons (Fsp3) is 0.636. The molecule has 6 heteroatoms. The summed E-state index contributed by atoms with van der Waals surface area (Å²) in [7, 11) is -3.40. The van der Waals surface area contributed by atoms with Crippen LogP contribution in [-0.4, -0.2) is 26.7 Å². The molecule has 0 saturated heterocycles. The number of rotatable bonds is 5. The van der Waals surface area contributed by atoms with Gasteiger partial charge < -0.3 is 5.11 Å². The fourth-order valence-electron chi connectivity index (χ4n) is 2.25. The summed E-state index contributed by atoms with van der Waals surface area (Å²) in [6, 6.07) is 3.31. The van der Waals surface area contributed by atoms with Crippen LogP contribution in [0.25, 0.3) is 0 Å². The average molecular weight is 275 g/mol. The predicted octanol–water partition coefficient (Wildman–Crippen LogP) is 1.58. The summed E-state index contributed by atoms with van der Waals surface area (Å²) in [6.07, 6.45) is 3.94. The first-order valence-corrected chi connectivity index (χ1v) is 8.08. The second-order valence-electron chi connectivity index (χ2n) is 4.62. The molecule has 0 aromatic carbocycles. The molecule has 0 atom stereocenters. The molecule has 2 rings (SSSR count). The van der Waals surface area contributed by atoms with Crippen molar-refractivity contribution in [3.05, 3.63) is 17.5 Å². The van der Waals surface area contributed by atoms with Crippen molar-refractivity contribution in [1.82, 2.24) is 4.72 Å². The smallest absolute Gasteiger partial charge is 0.250 e. The number of hydrogen-bond acceptors (Lipinski definition) is 4. The van der Waals surface area contributed by atoms with E-state index in [0.29, 0.717) is 10.8 Å². The van der Waals surface area contributed by atoms with E-state index >= 15 is 0 Å². The first kappa shape index (κ1) is 13.0. The van der Waals surface area contributed by atoms with Crippen LogP contribution in [0.5, 0.6) is 0 Å². The van der Waals surface area contributed by atoms with Crippen molar-refractivity contribution in [3.8, 4) is 0 Å². The lowest BCUT2D eigenvalue weighted by Gasteiger charge is -2.26. The topological polar surface area (TPSA) is 66.4 Å². The molecule has 1 fully saturated rings. The Balaban J connectivity index is 2.02. The summed E-state index contributed by atoms with van der Waals surface area (Å²) in [5.74, 6) is 0. The van der Waals surface area contributed by atoms with Crippen LogP contribution in [0.15, 0.2) is 21.7 Å². The molecule has 0 aliphatic heterocycles. The van der Waals surface area contributed by atoms with Gasteiger partial charge in [0.05, 0.1) is 0 Å². The summed E-state index contributed by atoms with van der Waals surface area (Å²) in [6.45, 7) is 0.393. The largest absolute Gasteiger partial charge is 0.396 e. The highest BCUT2D eigenvalue weighted by atomic mass is 32.2. The molecule has 17 heavy (non-hydrogen) atoms. The standard InChI is InChI=1S/C11H17NO3S2/c13-9-11(5-1-2-6-11)8-12-17(14,15)10-4-3-7-16-10/h3-4,7,12-13H,1-2,5-6,8-9H2. The quantitative estimate of drug-likeness (QED) is 0.857. The first-order valence-electron chi connectivity index (χ1n) is 5.72. The van der Waals surface area contributed by atoms with Crippen molar-refractivity contribution in [2.75, 3.05) is 13.2 Å². The molecule has 96 valence electrons. The van der Waals surface area contributed by atoms with E-state index in [0.717, 1.165) is 25.7 Å². The van der Waals surface area contributed by atoms with Crippen LogP contribution in [0.4, 0.5) is 0 Å². The summed E-state index contributed by atoms with van der Waals surface area (Å²) in [5, 5.41) is 11.2. The summed E-state index contributed by atoms with van der Waals surface area (Å²) < 4.78 is 26.8. The van der Waals surface area contributed by atoms with Gasteiger partial charge in [-0.2, -0.15) is 0 Å². The van der Waals surface area contributed by atoms with Crippen LogP contribution >= 0.6 is 11.3 Å². The molecule has 0 amide bonds. The van der Waals surface area contributed by atoms with E-state index in [2.05, 4.69) is 4.72 Å². The van der Waals surface area contributed by atoms with Crippen LogP contribution in [0.1, 0.15) is 25.7 Å². The lowest BCUT2D eigenvalue weighted by molar-refractivity contribution is 0.134. The normalized spacial score (nSPS) is 19.6. The van der Waals surface area contributed by atoms with Gasteiger partial charge in [-0.3, -0.25) is 0 Å². The SMILES string of the molecule is O=S(=O)(NCC1(CO)CCCC1)c1cccs1. The number of sulfonamides is 1. The van der Waals surface area contributed by atoms with Gasteiger partial charge in [0.25, 0.3) is 0 Å². The van der Waals surface area contributed by atoms with Gasteiger partial charge in [-0.25, -0.2) is 13.1 Å². The van der Waals surface area contributed by atoms with Gasteiger partial charge in [-0.15, -0.1) is 11.3 Å². The molecule has 1 aromatic rings. The lowest BCUT2D eigenvalue weighted by Crippen LogP contribution is -2.38. The molecule has 1 aliphatic rings. The molecule has 1 aliphatic carbocycles. The van der Waals surface area contributed by atoms with Crippen molar-refractivity contribution in [2.45, 2.75) is 29.9 Å². The highest BCUT2D eigenvalue weighted by Gasteiger charge is 2.34. The number of aliphatic hydroxyl groups is 1. The average Bonchev–Trinajstić information content (AvgIpc) is 2.99. The third-order valence-corrected chi connectivity index (χ3v) is 6.20. The second-order valence-corrected chi connectivity index (χ2v) is 7.56. The van der Waals surface area contributed by atoms with Gasteiger partial charge in [-0.1, -0.05) is 18.9 Å². The zero-order chi connectivity index (χ0) is 12.4. The van der Waals surface area contributed by atoms with E-state index in [1.807, 2.05) is 0 Å². The Morgan fingerprint density at radius 3 is 2.65 bits per heavy atom. The number of hydrogen-bond donors (Lipinski definition) is 2. The molecular weight excluding hydrogens is 258 g/mol. The Bertz CT molecular complexity index is 447. The van der Waals surface area contributed by atoms with Crippen LogP contribution in [-0.2, 0) is 10.0 Å². The van der Waals surface area contributed by atoms with Gasteiger partial charge in [0.15, 0.2) is 0 Å². The Hall–Kier alpha value is -0.430. The Morgan fingerprint density at radius 2 is 2.12 bits per heavy atom. The zero-order valence-electron chi connectivity index (χ0n) is 9.55. The number of nitrogens with one attached hydrogen (secondary N) is 1. The molecular formula is C11H17NO3S2. The van der Waals surface area contributed by atoms with Crippen molar-refractivity contribution >= 4 is 21.4 Å². The Morgan fingerprint density at radius 1 is 1.41 bits per heavy atom. The minimum atomic E-state index is -3.40. The maximum absolute atomic E-state index is 11.9. The second kappa shape index (κ2) is 5.06. The Labute approximate surface area is 106 Å². The monoisotopic (exact) mass is 275 g/mol. The number of thiophene rings is 1. The van der Waals surface area contributed by atoms with E-state index in [1.165, 1.54) is 11.3 Å². The van der Waals surface area contributed by atoms with E-state index < -0.39 is 10.0 Å². The molecule has 1 aromatic heterocycles. The molecule has 0 spiro atoms.